The van der Waals surface area contributed by atoms with Gasteiger partial charge >= 0.3 is 0 Å². The van der Waals surface area contributed by atoms with Crippen LogP contribution in [0.3, 0.4) is 0 Å². The van der Waals surface area contributed by atoms with Crippen molar-refractivity contribution in [2.75, 3.05) is 13.7 Å². The number of aromatic nitrogens is 4. The van der Waals surface area contributed by atoms with Gasteiger partial charge in [0, 0.05) is 13.7 Å². The van der Waals surface area contributed by atoms with Crippen molar-refractivity contribution >= 4 is 0 Å². The van der Waals surface area contributed by atoms with Crippen LogP contribution in [0.25, 0.3) is 0 Å². The van der Waals surface area contributed by atoms with Crippen LogP contribution in [0.2, 0.25) is 0 Å². The fourth-order valence-corrected chi connectivity index (χ4v) is 1.46. The summed E-state index contributed by atoms with van der Waals surface area (Å²) >= 11 is 0. The molecule has 0 saturated heterocycles. The molecule has 6 nitrogen and oxygen atoms in total. The Kier molecular flexibility index (Phi) is 5.20. The van der Waals surface area contributed by atoms with Crippen molar-refractivity contribution in [3.8, 4) is 0 Å². The summed E-state index contributed by atoms with van der Waals surface area (Å²) in [5.74, 6) is 0.803. The first-order chi connectivity index (χ1) is 7.33. The van der Waals surface area contributed by atoms with Crippen LogP contribution in [0.4, 0.5) is 0 Å². The largest absolute Gasteiger partial charge is 0.373 e. The molecular weight excluding hydrogens is 194 g/mol. The lowest BCUT2D eigenvalue weighted by molar-refractivity contribution is 0.0880. The van der Waals surface area contributed by atoms with Gasteiger partial charge in [-0.1, -0.05) is 6.92 Å². The maximum Gasteiger partial charge on any atom is 0.180 e. The zero-order valence-electron chi connectivity index (χ0n) is 9.39. The van der Waals surface area contributed by atoms with Gasteiger partial charge in [0.05, 0.1) is 0 Å². The van der Waals surface area contributed by atoms with E-state index in [1.165, 1.54) is 0 Å². The van der Waals surface area contributed by atoms with Crippen LogP contribution in [0.5, 0.6) is 0 Å². The predicted molar refractivity (Wildman–Crippen MR) is 56.1 cm³/mol. The molecule has 86 valence electrons. The van der Waals surface area contributed by atoms with Gasteiger partial charge in [0.15, 0.2) is 5.82 Å². The highest BCUT2D eigenvalue weighted by molar-refractivity contribution is 4.87. The van der Waals surface area contributed by atoms with Crippen molar-refractivity contribution in [3.05, 3.63) is 5.82 Å². The summed E-state index contributed by atoms with van der Waals surface area (Å²) in [4.78, 5) is 0. The van der Waals surface area contributed by atoms with Crippen molar-refractivity contribution in [2.45, 2.75) is 38.8 Å². The van der Waals surface area contributed by atoms with E-state index in [-0.39, 0.29) is 6.10 Å². The summed E-state index contributed by atoms with van der Waals surface area (Å²) in [6.07, 6.45) is 2.84. The monoisotopic (exact) mass is 213 g/mol. The molecule has 0 saturated carbocycles. The summed E-state index contributed by atoms with van der Waals surface area (Å²) in [5.41, 5.74) is 5.43. The van der Waals surface area contributed by atoms with Crippen LogP contribution in [-0.4, -0.2) is 33.9 Å². The molecule has 0 spiro atoms. The number of tetrazole rings is 1. The molecule has 1 aromatic rings. The maximum absolute atomic E-state index is 5.43. The zero-order chi connectivity index (χ0) is 11.1. The topological polar surface area (TPSA) is 78.9 Å². The second-order valence-corrected chi connectivity index (χ2v) is 3.39. The molecule has 15 heavy (non-hydrogen) atoms. The zero-order valence-corrected chi connectivity index (χ0v) is 9.39. The summed E-state index contributed by atoms with van der Waals surface area (Å²) in [6.45, 7) is 3.56. The van der Waals surface area contributed by atoms with E-state index < -0.39 is 0 Å². The first-order valence-corrected chi connectivity index (χ1v) is 5.32. The third kappa shape index (κ3) is 3.24. The lowest BCUT2D eigenvalue weighted by Crippen LogP contribution is -2.12. The van der Waals surface area contributed by atoms with Gasteiger partial charge in [0.25, 0.3) is 0 Å². The lowest BCUT2D eigenvalue weighted by atomic mass is 10.2. The second kappa shape index (κ2) is 6.47. The number of nitrogens with zero attached hydrogens (tertiary/aromatic N) is 4. The van der Waals surface area contributed by atoms with E-state index in [9.17, 15) is 0 Å². The van der Waals surface area contributed by atoms with Gasteiger partial charge in [-0.25, -0.2) is 4.68 Å². The number of aryl methyl sites for hydroxylation is 1. The highest BCUT2D eigenvalue weighted by atomic mass is 16.5. The summed E-state index contributed by atoms with van der Waals surface area (Å²) in [6, 6.07) is 0. The van der Waals surface area contributed by atoms with Gasteiger partial charge in [-0.05, 0) is 36.2 Å². The molecule has 1 unspecified atom stereocenters. The van der Waals surface area contributed by atoms with Gasteiger partial charge in [-0.15, -0.1) is 5.10 Å². The van der Waals surface area contributed by atoms with E-state index in [2.05, 4.69) is 15.5 Å². The SMILES string of the molecule is CCC(OC)c1nnnn1CCCCN. The molecule has 0 bridgehead atoms. The molecule has 1 heterocycles. The number of nitrogens with two attached hydrogens (primary N) is 1. The minimum Gasteiger partial charge on any atom is -0.373 e. The lowest BCUT2D eigenvalue weighted by Gasteiger charge is -2.12. The third-order valence-corrected chi connectivity index (χ3v) is 2.33. The van der Waals surface area contributed by atoms with Crippen LogP contribution in [0.1, 0.15) is 38.1 Å². The second-order valence-electron chi connectivity index (χ2n) is 3.39. The number of unbranched alkanes of at least 4 members (excludes halogenated alkanes) is 1. The molecular formula is C9H19N5O. The molecule has 1 rings (SSSR count). The Morgan fingerprint density at radius 1 is 1.47 bits per heavy atom. The molecule has 6 heteroatoms. The van der Waals surface area contributed by atoms with Gasteiger partial charge in [-0.2, -0.15) is 0 Å². The molecule has 1 aromatic heterocycles. The molecule has 0 aliphatic rings. The molecule has 2 N–H and O–H groups in total. The van der Waals surface area contributed by atoms with E-state index >= 15 is 0 Å². The molecule has 0 aliphatic heterocycles. The van der Waals surface area contributed by atoms with Crippen LogP contribution in [0, 0.1) is 0 Å². The van der Waals surface area contributed by atoms with E-state index in [1.54, 1.807) is 11.8 Å². The Morgan fingerprint density at radius 3 is 2.87 bits per heavy atom. The van der Waals surface area contributed by atoms with Crippen molar-refractivity contribution in [3.63, 3.8) is 0 Å². The molecule has 0 aromatic carbocycles. The summed E-state index contributed by atoms with van der Waals surface area (Å²) in [7, 11) is 1.67. The Hall–Kier alpha value is -1.01. The highest BCUT2D eigenvalue weighted by Gasteiger charge is 2.16. The van der Waals surface area contributed by atoms with Crippen molar-refractivity contribution in [2.24, 2.45) is 5.73 Å². The third-order valence-electron chi connectivity index (χ3n) is 2.33. The van der Waals surface area contributed by atoms with Crippen LogP contribution < -0.4 is 5.73 Å². The Bertz CT molecular complexity index is 271. The van der Waals surface area contributed by atoms with E-state index in [0.29, 0.717) is 6.54 Å². The Labute approximate surface area is 89.8 Å². The fourth-order valence-electron chi connectivity index (χ4n) is 1.46. The Balaban J connectivity index is 2.59. The normalized spacial score (nSPS) is 13.0. The van der Waals surface area contributed by atoms with Gasteiger partial charge in [0.1, 0.15) is 6.10 Å². The average molecular weight is 213 g/mol. The van der Waals surface area contributed by atoms with Crippen molar-refractivity contribution < 1.29 is 4.74 Å². The number of ether oxygens (including phenoxy) is 1. The van der Waals surface area contributed by atoms with Gasteiger partial charge in [-0.3, -0.25) is 0 Å². The molecule has 0 radical (unpaired) electrons. The summed E-state index contributed by atoms with van der Waals surface area (Å²) < 4.78 is 7.10. The predicted octanol–water partition coefficient (Wildman–Crippen LogP) is 0.509. The minimum absolute atomic E-state index is 0.0159. The highest BCUT2D eigenvalue weighted by Crippen LogP contribution is 2.16. The molecule has 0 aliphatic carbocycles. The van der Waals surface area contributed by atoms with Gasteiger partial charge in [0.2, 0.25) is 0 Å². The number of methoxy groups -OCH3 is 1. The van der Waals surface area contributed by atoms with Crippen molar-refractivity contribution in [1.82, 2.24) is 20.2 Å². The first-order valence-electron chi connectivity index (χ1n) is 5.32. The van der Waals surface area contributed by atoms with Crippen molar-refractivity contribution in [1.29, 1.82) is 0 Å². The molecule has 0 fully saturated rings. The van der Waals surface area contributed by atoms with E-state index in [1.807, 2.05) is 6.92 Å². The number of hydrogen-bond acceptors (Lipinski definition) is 5. The smallest absolute Gasteiger partial charge is 0.180 e. The standard InChI is InChI=1S/C9H19N5O/c1-3-8(15-2)9-11-12-13-14(9)7-5-4-6-10/h8H,3-7,10H2,1-2H3. The summed E-state index contributed by atoms with van der Waals surface area (Å²) in [5, 5.41) is 11.6. The average Bonchev–Trinajstić information content (AvgIpc) is 2.69. The van der Waals surface area contributed by atoms with Crippen LogP contribution >= 0.6 is 0 Å². The number of rotatable bonds is 7. The molecule has 0 amide bonds. The quantitative estimate of drug-likeness (QED) is 0.668. The fraction of sp³-hybridized carbons (Fsp3) is 0.889. The minimum atomic E-state index is -0.0159. The van der Waals surface area contributed by atoms with E-state index in [0.717, 1.165) is 31.6 Å². The first kappa shape index (κ1) is 12.1. The maximum atomic E-state index is 5.43. The van der Waals surface area contributed by atoms with E-state index in [4.69, 9.17) is 10.5 Å². The Morgan fingerprint density at radius 2 is 2.27 bits per heavy atom. The number of hydrogen-bond donors (Lipinski definition) is 1. The van der Waals surface area contributed by atoms with Crippen LogP contribution in [0.15, 0.2) is 0 Å². The van der Waals surface area contributed by atoms with Crippen LogP contribution in [-0.2, 0) is 11.3 Å². The van der Waals surface area contributed by atoms with Gasteiger partial charge < -0.3 is 10.5 Å². The molecule has 1 atom stereocenters.